The van der Waals surface area contributed by atoms with Gasteiger partial charge in [-0.3, -0.25) is 0 Å². The van der Waals surface area contributed by atoms with Gasteiger partial charge in [0.05, 0.1) is 17.1 Å². The van der Waals surface area contributed by atoms with Gasteiger partial charge in [0, 0.05) is 21.1 Å². The van der Waals surface area contributed by atoms with E-state index in [0.29, 0.717) is 30.8 Å². The lowest BCUT2D eigenvalue weighted by atomic mass is 10.1. The fourth-order valence-corrected chi connectivity index (χ4v) is 4.69. The molecule has 0 aliphatic carbocycles. The van der Waals surface area contributed by atoms with Crippen molar-refractivity contribution in [1.82, 2.24) is 0 Å². The lowest BCUT2D eigenvalue weighted by Gasteiger charge is -2.09. The molecule has 0 saturated carbocycles. The molecule has 176 valence electrons. The molecule has 0 atom stereocenters. The molecule has 0 N–H and O–H groups in total. The Morgan fingerprint density at radius 3 is 2.60 bits per heavy atom. The van der Waals surface area contributed by atoms with E-state index in [0.717, 1.165) is 5.56 Å². The highest BCUT2D eigenvalue weighted by molar-refractivity contribution is 9.11. The minimum atomic E-state index is -0.667. The predicted molar refractivity (Wildman–Crippen MR) is 142 cm³/mol. The van der Waals surface area contributed by atoms with Crippen molar-refractivity contribution < 1.29 is 23.8 Å². The number of carbonyl (C=O) groups is 2. The summed E-state index contributed by atoms with van der Waals surface area (Å²) < 4.78 is 17.5. The molecule has 1 aliphatic rings. The smallest absolute Gasteiger partial charge is 0.363 e. The van der Waals surface area contributed by atoms with Crippen molar-refractivity contribution in [3.8, 4) is 11.5 Å². The van der Waals surface area contributed by atoms with Crippen LogP contribution in [0, 0.1) is 0 Å². The number of esters is 2. The normalized spacial score (nSPS) is 14.2. The monoisotopic (exact) mass is 615 g/mol. The van der Waals surface area contributed by atoms with Gasteiger partial charge in [0.1, 0.15) is 5.75 Å². The molecule has 1 aliphatic heterocycles. The third kappa shape index (κ3) is 6.08. The quantitative estimate of drug-likeness (QED) is 0.172. The van der Waals surface area contributed by atoms with E-state index in [-0.39, 0.29) is 17.3 Å². The standard InChI is InChI=1S/C26H16Br2ClNO5/c1-33-22-9-8-18(29)14-19(22)25-30-21(26(32)35-25)12-16-11-17(27)13-20(28)24(16)34-23(31)10-7-15-5-3-2-4-6-15/h2-14H,1H3/b10-7+,21-12-. The van der Waals surface area contributed by atoms with Gasteiger partial charge in [0.25, 0.3) is 0 Å². The fourth-order valence-electron chi connectivity index (χ4n) is 3.18. The number of benzene rings is 3. The van der Waals surface area contributed by atoms with Gasteiger partial charge < -0.3 is 14.2 Å². The summed E-state index contributed by atoms with van der Waals surface area (Å²) in [6, 6.07) is 17.7. The van der Waals surface area contributed by atoms with Gasteiger partial charge >= 0.3 is 11.9 Å². The Hall–Kier alpha value is -3.20. The van der Waals surface area contributed by atoms with Crippen molar-refractivity contribution in [2.45, 2.75) is 0 Å². The lowest BCUT2D eigenvalue weighted by Crippen LogP contribution is -2.07. The summed E-state index contributed by atoms with van der Waals surface area (Å²) in [5.41, 5.74) is 1.74. The molecule has 3 aromatic carbocycles. The molecule has 6 nitrogen and oxygen atoms in total. The van der Waals surface area contributed by atoms with Crippen molar-refractivity contribution in [2.75, 3.05) is 7.11 Å². The van der Waals surface area contributed by atoms with Crippen LogP contribution in [0.4, 0.5) is 0 Å². The van der Waals surface area contributed by atoms with E-state index in [4.69, 9.17) is 25.8 Å². The molecule has 35 heavy (non-hydrogen) atoms. The summed E-state index contributed by atoms with van der Waals surface area (Å²) in [5, 5.41) is 0.436. The average molecular weight is 618 g/mol. The van der Waals surface area contributed by atoms with Crippen molar-refractivity contribution in [3.63, 3.8) is 0 Å². The van der Waals surface area contributed by atoms with Crippen molar-refractivity contribution >= 4 is 73.4 Å². The molecule has 1 heterocycles. The number of methoxy groups -OCH3 is 1. The molecule has 0 spiro atoms. The molecule has 0 saturated heterocycles. The summed E-state index contributed by atoms with van der Waals surface area (Å²) >= 11 is 12.9. The molecule has 4 rings (SSSR count). The van der Waals surface area contributed by atoms with E-state index in [1.54, 1.807) is 36.4 Å². The van der Waals surface area contributed by atoms with Gasteiger partial charge in [-0.05, 0) is 64.0 Å². The maximum Gasteiger partial charge on any atom is 0.363 e. The number of ether oxygens (including phenoxy) is 3. The van der Waals surface area contributed by atoms with Crippen LogP contribution in [0.2, 0.25) is 5.02 Å². The van der Waals surface area contributed by atoms with Crippen LogP contribution in [-0.2, 0) is 14.3 Å². The molecule has 0 bridgehead atoms. The zero-order valence-electron chi connectivity index (χ0n) is 18.1. The minimum absolute atomic E-state index is 0.0177. The Morgan fingerprint density at radius 1 is 1.09 bits per heavy atom. The zero-order chi connectivity index (χ0) is 24.9. The van der Waals surface area contributed by atoms with Gasteiger partial charge in [-0.1, -0.05) is 57.9 Å². The van der Waals surface area contributed by atoms with Crippen LogP contribution in [0.15, 0.2) is 86.4 Å². The molecular weight excluding hydrogens is 602 g/mol. The first kappa shape index (κ1) is 24.9. The van der Waals surface area contributed by atoms with Gasteiger partial charge in [0.2, 0.25) is 5.90 Å². The Morgan fingerprint density at radius 2 is 1.86 bits per heavy atom. The Balaban J connectivity index is 1.67. The first-order valence-corrected chi connectivity index (χ1v) is 12.1. The zero-order valence-corrected chi connectivity index (χ0v) is 22.1. The van der Waals surface area contributed by atoms with Crippen LogP contribution in [0.1, 0.15) is 16.7 Å². The molecule has 0 unspecified atom stereocenters. The molecule has 3 aromatic rings. The number of cyclic esters (lactones) is 1. The Labute approximate surface area is 223 Å². The van der Waals surface area contributed by atoms with Crippen LogP contribution in [0.3, 0.4) is 0 Å². The topological polar surface area (TPSA) is 74.2 Å². The van der Waals surface area contributed by atoms with Gasteiger partial charge in [0.15, 0.2) is 11.4 Å². The maximum atomic E-state index is 12.6. The summed E-state index contributed by atoms with van der Waals surface area (Å²) in [6.07, 6.45) is 4.45. The van der Waals surface area contributed by atoms with E-state index in [9.17, 15) is 9.59 Å². The molecule has 0 radical (unpaired) electrons. The number of halogens is 3. The molecular formula is C26H16Br2ClNO5. The fraction of sp³-hybridized carbons (Fsp3) is 0.0385. The summed E-state index contributed by atoms with van der Waals surface area (Å²) in [5.74, 6) is -0.524. The number of nitrogens with zero attached hydrogens (tertiary/aromatic N) is 1. The van der Waals surface area contributed by atoms with E-state index in [2.05, 4.69) is 36.9 Å². The number of carbonyl (C=O) groups excluding carboxylic acids is 2. The van der Waals surface area contributed by atoms with Gasteiger partial charge in [-0.25, -0.2) is 14.6 Å². The van der Waals surface area contributed by atoms with Crippen molar-refractivity contribution in [3.05, 3.63) is 103 Å². The second kappa shape index (κ2) is 11.0. The Bertz CT molecular complexity index is 1400. The Kier molecular flexibility index (Phi) is 7.85. The third-order valence-electron chi connectivity index (χ3n) is 4.76. The lowest BCUT2D eigenvalue weighted by molar-refractivity contribution is -0.130. The van der Waals surface area contributed by atoms with Crippen LogP contribution < -0.4 is 9.47 Å². The van der Waals surface area contributed by atoms with Gasteiger partial charge in [-0.2, -0.15) is 0 Å². The first-order valence-electron chi connectivity index (χ1n) is 10.1. The highest BCUT2D eigenvalue weighted by atomic mass is 79.9. The molecule has 9 heteroatoms. The van der Waals surface area contributed by atoms with Crippen LogP contribution in [0.5, 0.6) is 11.5 Å². The van der Waals surface area contributed by atoms with Gasteiger partial charge in [-0.15, -0.1) is 0 Å². The average Bonchev–Trinajstić information content (AvgIpc) is 3.20. The third-order valence-corrected chi connectivity index (χ3v) is 6.04. The minimum Gasteiger partial charge on any atom is -0.496 e. The van der Waals surface area contributed by atoms with Crippen LogP contribution in [0.25, 0.3) is 12.2 Å². The van der Waals surface area contributed by atoms with Crippen LogP contribution >= 0.6 is 43.5 Å². The first-order chi connectivity index (χ1) is 16.8. The summed E-state index contributed by atoms with van der Waals surface area (Å²) in [7, 11) is 1.49. The molecule has 0 fully saturated rings. The number of hydrogen-bond acceptors (Lipinski definition) is 6. The number of aliphatic imine (C=N–C) groups is 1. The molecule has 0 aromatic heterocycles. The molecule has 0 amide bonds. The summed E-state index contributed by atoms with van der Waals surface area (Å²) in [4.78, 5) is 29.4. The number of rotatable bonds is 6. The van der Waals surface area contributed by atoms with Crippen molar-refractivity contribution in [1.29, 1.82) is 0 Å². The maximum absolute atomic E-state index is 12.6. The van der Waals surface area contributed by atoms with E-state index in [1.807, 2.05) is 30.3 Å². The van der Waals surface area contributed by atoms with Crippen molar-refractivity contribution in [2.24, 2.45) is 4.99 Å². The SMILES string of the molecule is COc1ccc(Cl)cc1C1=N/C(=C\c2cc(Br)cc(Br)c2OC(=O)/C=C/c2ccccc2)C(=O)O1. The summed E-state index contributed by atoms with van der Waals surface area (Å²) in [6.45, 7) is 0. The van der Waals surface area contributed by atoms with E-state index >= 15 is 0 Å². The highest BCUT2D eigenvalue weighted by Gasteiger charge is 2.27. The van der Waals surface area contributed by atoms with E-state index in [1.165, 1.54) is 19.3 Å². The van der Waals surface area contributed by atoms with Crippen LogP contribution in [-0.4, -0.2) is 24.9 Å². The largest absolute Gasteiger partial charge is 0.496 e. The van der Waals surface area contributed by atoms with E-state index < -0.39 is 11.9 Å². The second-order valence-electron chi connectivity index (χ2n) is 7.15. The number of hydrogen-bond donors (Lipinski definition) is 0. The second-order valence-corrected chi connectivity index (χ2v) is 9.36. The highest BCUT2D eigenvalue weighted by Crippen LogP contribution is 2.36. The predicted octanol–water partition coefficient (Wildman–Crippen LogP) is 6.84.